The van der Waals surface area contributed by atoms with Crippen LogP contribution in [-0.4, -0.2) is 74.5 Å². The van der Waals surface area contributed by atoms with Gasteiger partial charge in [-0.3, -0.25) is 9.79 Å². The summed E-state index contributed by atoms with van der Waals surface area (Å²) >= 11 is 0. The first-order valence-electron chi connectivity index (χ1n) is 9.41. The summed E-state index contributed by atoms with van der Waals surface area (Å²) in [6.45, 7) is 9.93. The summed E-state index contributed by atoms with van der Waals surface area (Å²) in [4.78, 5) is 20.3. The molecule has 2 aliphatic rings. The summed E-state index contributed by atoms with van der Waals surface area (Å²) < 4.78 is 0. The third-order valence-electron chi connectivity index (χ3n) is 4.98. The van der Waals surface area contributed by atoms with E-state index in [1.54, 1.807) is 4.90 Å². The van der Waals surface area contributed by atoms with Gasteiger partial charge in [0.1, 0.15) is 0 Å². The van der Waals surface area contributed by atoms with Crippen molar-refractivity contribution < 1.29 is 4.79 Å². The fourth-order valence-electron chi connectivity index (χ4n) is 3.76. The maximum Gasteiger partial charge on any atom is 0.222 e. The number of likely N-dealkylation sites (tertiary alicyclic amines) is 2. The van der Waals surface area contributed by atoms with Crippen LogP contribution < -0.4 is 10.6 Å². The van der Waals surface area contributed by atoms with Crippen LogP contribution in [0.3, 0.4) is 0 Å². The van der Waals surface area contributed by atoms with Crippen LogP contribution in [0.25, 0.3) is 0 Å². The maximum absolute atomic E-state index is 11.6. The minimum atomic E-state index is 0. The summed E-state index contributed by atoms with van der Waals surface area (Å²) in [5.41, 5.74) is 0. The third-order valence-corrected chi connectivity index (χ3v) is 4.98. The summed E-state index contributed by atoms with van der Waals surface area (Å²) in [6.07, 6.45) is 4.09. The van der Waals surface area contributed by atoms with E-state index in [-0.39, 0.29) is 29.9 Å². The molecule has 1 amide bonds. The van der Waals surface area contributed by atoms with Gasteiger partial charge in [-0.05, 0) is 37.6 Å². The van der Waals surface area contributed by atoms with Gasteiger partial charge in [0, 0.05) is 52.7 Å². The fraction of sp³-hybridized carbons (Fsp3) is 0.889. The second-order valence-electron chi connectivity index (χ2n) is 7.77. The van der Waals surface area contributed by atoms with E-state index in [0.29, 0.717) is 18.4 Å². The molecule has 0 radical (unpaired) electrons. The van der Waals surface area contributed by atoms with Gasteiger partial charge in [0.15, 0.2) is 5.96 Å². The van der Waals surface area contributed by atoms with Crippen LogP contribution >= 0.6 is 24.0 Å². The SMILES string of the molecule is CN=C(NCC1CCCN(CC(C)C)C1)NC1CCC(=O)N(C)C1.I. The number of hydrogen-bond acceptors (Lipinski definition) is 3. The summed E-state index contributed by atoms with van der Waals surface area (Å²) in [5, 5.41) is 6.97. The van der Waals surface area contributed by atoms with Crippen molar-refractivity contribution in [3.8, 4) is 0 Å². The highest BCUT2D eigenvalue weighted by molar-refractivity contribution is 14.0. The molecule has 25 heavy (non-hydrogen) atoms. The van der Waals surface area contributed by atoms with Gasteiger partial charge in [0.05, 0.1) is 0 Å². The standard InChI is InChI=1S/C18H35N5O.HI/c1-14(2)11-23-9-5-6-15(12-23)10-20-18(19-3)21-16-7-8-17(24)22(4)13-16;/h14-16H,5-13H2,1-4H3,(H2,19,20,21);1H. The molecular weight excluding hydrogens is 429 g/mol. The van der Waals surface area contributed by atoms with Crippen molar-refractivity contribution in [2.24, 2.45) is 16.8 Å². The molecule has 2 N–H and O–H groups in total. The zero-order chi connectivity index (χ0) is 17.5. The van der Waals surface area contributed by atoms with Crippen molar-refractivity contribution in [1.29, 1.82) is 0 Å². The number of nitrogens with one attached hydrogen (secondary N) is 2. The normalized spacial score (nSPS) is 25.7. The van der Waals surface area contributed by atoms with Gasteiger partial charge in [-0.25, -0.2) is 0 Å². The Bertz CT molecular complexity index is 443. The Morgan fingerprint density at radius 1 is 1.32 bits per heavy atom. The molecule has 2 fully saturated rings. The van der Waals surface area contributed by atoms with Crippen molar-refractivity contribution in [3.63, 3.8) is 0 Å². The number of aliphatic imine (C=N–C) groups is 1. The molecule has 2 aliphatic heterocycles. The summed E-state index contributed by atoms with van der Waals surface area (Å²) in [6, 6.07) is 0.294. The van der Waals surface area contributed by atoms with Crippen molar-refractivity contribution in [2.45, 2.75) is 45.6 Å². The van der Waals surface area contributed by atoms with E-state index in [1.165, 1.54) is 32.5 Å². The molecule has 2 saturated heterocycles. The van der Waals surface area contributed by atoms with Gasteiger partial charge in [-0.2, -0.15) is 0 Å². The number of carbonyl (C=O) groups excluding carboxylic acids is 1. The van der Waals surface area contributed by atoms with Crippen LogP contribution in [0.1, 0.15) is 39.5 Å². The molecule has 2 unspecified atom stereocenters. The number of halogens is 1. The van der Waals surface area contributed by atoms with Crippen LogP contribution in [0, 0.1) is 11.8 Å². The Hall–Kier alpha value is -0.570. The lowest BCUT2D eigenvalue weighted by atomic mass is 9.97. The fourth-order valence-corrected chi connectivity index (χ4v) is 3.76. The number of piperidine rings is 2. The van der Waals surface area contributed by atoms with Crippen molar-refractivity contribution in [3.05, 3.63) is 0 Å². The molecule has 0 spiro atoms. The van der Waals surface area contributed by atoms with Crippen LogP contribution in [-0.2, 0) is 4.79 Å². The number of guanidine groups is 1. The van der Waals surface area contributed by atoms with Gasteiger partial charge in [0.25, 0.3) is 0 Å². The third kappa shape index (κ3) is 7.68. The zero-order valence-corrected chi connectivity index (χ0v) is 18.6. The van der Waals surface area contributed by atoms with Gasteiger partial charge in [0.2, 0.25) is 5.91 Å². The van der Waals surface area contributed by atoms with E-state index in [2.05, 4.69) is 34.4 Å². The smallest absolute Gasteiger partial charge is 0.222 e. The number of carbonyl (C=O) groups is 1. The predicted molar refractivity (Wildman–Crippen MR) is 115 cm³/mol. The van der Waals surface area contributed by atoms with Crippen molar-refractivity contribution in [2.75, 3.05) is 46.8 Å². The molecule has 0 aromatic carbocycles. The highest BCUT2D eigenvalue weighted by atomic mass is 127. The average molecular weight is 465 g/mol. The number of hydrogen-bond donors (Lipinski definition) is 2. The van der Waals surface area contributed by atoms with E-state index in [9.17, 15) is 4.79 Å². The minimum absolute atomic E-state index is 0. The number of amides is 1. The second-order valence-corrected chi connectivity index (χ2v) is 7.77. The molecule has 2 heterocycles. The quantitative estimate of drug-likeness (QED) is 0.369. The largest absolute Gasteiger partial charge is 0.356 e. The lowest BCUT2D eigenvalue weighted by Gasteiger charge is -2.34. The maximum atomic E-state index is 11.6. The lowest BCUT2D eigenvalue weighted by Crippen LogP contribution is -2.52. The van der Waals surface area contributed by atoms with Crippen molar-refractivity contribution in [1.82, 2.24) is 20.4 Å². The van der Waals surface area contributed by atoms with Gasteiger partial charge >= 0.3 is 0 Å². The molecule has 6 nitrogen and oxygen atoms in total. The van der Waals surface area contributed by atoms with Gasteiger partial charge in [-0.1, -0.05) is 13.8 Å². The number of rotatable bonds is 5. The van der Waals surface area contributed by atoms with Gasteiger partial charge in [-0.15, -0.1) is 24.0 Å². The molecule has 0 bridgehead atoms. The van der Waals surface area contributed by atoms with E-state index in [4.69, 9.17) is 0 Å². The Morgan fingerprint density at radius 2 is 2.08 bits per heavy atom. The molecular formula is C18H36IN5O. The Labute approximate surface area is 170 Å². The van der Waals surface area contributed by atoms with Crippen LogP contribution in [0.4, 0.5) is 0 Å². The highest BCUT2D eigenvalue weighted by Gasteiger charge is 2.24. The molecule has 0 aliphatic carbocycles. The van der Waals surface area contributed by atoms with E-state index in [1.807, 2.05) is 14.1 Å². The number of likely N-dealkylation sites (N-methyl/N-ethyl adjacent to an activating group) is 1. The van der Waals surface area contributed by atoms with E-state index >= 15 is 0 Å². The molecule has 7 heteroatoms. The molecule has 0 aromatic rings. The monoisotopic (exact) mass is 465 g/mol. The summed E-state index contributed by atoms with van der Waals surface area (Å²) in [5.74, 6) is 2.52. The molecule has 0 saturated carbocycles. The predicted octanol–water partition coefficient (Wildman–Crippen LogP) is 1.76. The second kappa shape index (κ2) is 11.2. The zero-order valence-electron chi connectivity index (χ0n) is 16.3. The highest BCUT2D eigenvalue weighted by Crippen LogP contribution is 2.17. The molecule has 146 valence electrons. The topological polar surface area (TPSA) is 60.0 Å². The first-order chi connectivity index (χ1) is 11.5. The number of nitrogens with zero attached hydrogens (tertiary/aromatic N) is 3. The van der Waals surface area contributed by atoms with Crippen molar-refractivity contribution >= 4 is 35.8 Å². The van der Waals surface area contributed by atoms with Gasteiger partial charge < -0.3 is 20.4 Å². The Morgan fingerprint density at radius 3 is 2.72 bits per heavy atom. The van der Waals surface area contributed by atoms with E-state index in [0.717, 1.165) is 31.4 Å². The first-order valence-corrected chi connectivity index (χ1v) is 9.41. The molecule has 0 aromatic heterocycles. The minimum Gasteiger partial charge on any atom is -0.356 e. The Balaban J connectivity index is 0.00000312. The van der Waals surface area contributed by atoms with Crippen LogP contribution in [0.2, 0.25) is 0 Å². The lowest BCUT2D eigenvalue weighted by molar-refractivity contribution is -0.132. The molecule has 2 rings (SSSR count). The van der Waals surface area contributed by atoms with Crippen LogP contribution in [0.15, 0.2) is 4.99 Å². The van der Waals surface area contributed by atoms with E-state index < -0.39 is 0 Å². The molecule has 2 atom stereocenters. The average Bonchev–Trinajstić information content (AvgIpc) is 2.54. The Kier molecular flexibility index (Phi) is 10.1. The summed E-state index contributed by atoms with van der Waals surface area (Å²) in [7, 11) is 3.69. The first kappa shape index (κ1) is 22.5. The van der Waals surface area contributed by atoms with Crippen LogP contribution in [0.5, 0.6) is 0 Å².